The summed E-state index contributed by atoms with van der Waals surface area (Å²) in [7, 11) is 0. The first-order valence-electron chi connectivity index (χ1n) is 9.45. The number of carbonyl (C=O) groups excluding carboxylic acids is 1. The number of rotatable bonds is 3. The first kappa shape index (κ1) is 20.3. The van der Waals surface area contributed by atoms with Crippen LogP contribution in [-0.4, -0.2) is 47.0 Å². The predicted molar refractivity (Wildman–Crippen MR) is 111 cm³/mol. The van der Waals surface area contributed by atoms with Gasteiger partial charge in [0, 0.05) is 37.4 Å². The van der Waals surface area contributed by atoms with Crippen molar-refractivity contribution < 1.29 is 4.79 Å². The van der Waals surface area contributed by atoms with Gasteiger partial charge in [-0.1, -0.05) is 0 Å². The molecule has 2 aromatic rings. The average molecular weight is 411 g/mol. The Morgan fingerprint density at radius 1 is 1.26 bits per heavy atom. The molecule has 6 nitrogen and oxygen atoms in total. The molecule has 0 atom stereocenters. The summed E-state index contributed by atoms with van der Waals surface area (Å²) in [6.45, 7) is 7.88. The first-order chi connectivity index (χ1) is 12.5. The molecule has 2 aromatic heterocycles. The largest absolute Gasteiger partial charge is 0.343 e. The van der Waals surface area contributed by atoms with Crippen molar-refractivity contribution in [3.63, 3.8) is 0 Å². The number of hydrogen-bond acceptors (Lipinski definition) is 5. The fraction of sp³-hybridized carbons (Fsp3) is 0.632. The molecule has 0 aromatic carbocycles. The molecular weight excluding hydrogens is 384 g/mol. The number of aryl methyl sites for hydroxylation is 3. The molecule has 4 rings (SSSR count). The lowest BCUT2D eigenvalue weighted by Crippen LogP contribution is -2.44. The topological polar surface area (TPSA) is 78.1 Å². The van der Waals surface area contributed by atoms with E-state index in [-0.39, 0.29) is 23.9 Å². The summed E-state index contributed by atoms with van der Waals surface area (Å²) in [5.74, 6) is 0.790. The van der Waals surface area contributed by atoms with Crippen LogP contribution in [0.2, 0.25) is 0 Å². The van der Waals surface area contributed by atoms with Crippen molar-refractivity contribution in [3.8, 4) is 0 Å². The van der Waals surface area contributed by atoms with Crippen molar-refractivity contribution in [2.45, 2.75) is 46.0 Å². The maximum Gasteiger partial charge on any atom is 0.259 e. The number of H-pyrrole nitrogens is 1. The Bertz CT molecular complexity index is 891. The van der Waals surface area contributed by atoms with E-state index in [0.717, 1.165) is 54.3 Å². The maximum absolute atomic E-state index is 12.6. The molecule has 1 amide bonds. The van der Waals surface area contributed by atoms with Gasteiger partial charge in [0.15, 0.2) is 0 Å². The molecule has 2 saturated heterocycles. The van der Waals surface area contributed by atoms with Crippen LogP contribution >= 0.6 is 23.7 Å². The van der Waals surface area contributed by atoms with Crippen molar-refractivity contribution in [3.05, 3.63) is 26.6 Å². The number of halogens is 1. The third-order valence-corrected chi connectivity index (χ3v) is 7.27. The summed E-state index contributed by atoms with van der Waals surface area (Å²) < 4.78 is 0. The molecule has 0 bridgehead atoms. The number of nitrogens with one attached hydrogen (secondary N) is 2. The van der Waals surface area contributed by atoms with Gasteiger partial charge in [-0.15, -0.1) is 23.7 Å². The molecule has 148 valence electrons. The second kappa shape index (κ2) is 7.89. The van der Waals surface area contributed by atoms with Gasteiger partial charge in [0.1, 0.15) is 10.7 Å². The van der Waals surface area contributed by atoms with Gasteiger partial charge in [0.05, 0.1) is 5.39 Å². The van der Waals surface area contributed by atoms with Gasteiger partial charge in [-0.05, 0) is 50.6 Å². The highest BCUT2D eigenvalue weighted by molar-refractivity contribution is 7.18. The Morgan fingerprint density at radius 3 is 2.67 bits per heavy atom. The number of nitrogens with zero attached hydrogens (tertiary/aromatic N) is 2. The molecular formula is C19H27ClN4O2S. The van der Waals surface area contributed by atoms with E-state index < -0.39 is 0 Å². The van der Waals surface area contributed by atoms with Crippen LogP contribution in [0.3, 0.4) is 0 Å². The van der Waals surface area contributed by atoms with E-state index in [1.165, 1.54) is 6.42 Å². The number of hydrogen-bond donors (Lipinski definition) is 2. The number of amides is 1. The zero-order valence-corrected chi connectivity index (χ0v) is 17.5. The van der Waals surface area contributed by atoms with Crippen LogP contribution < -0.4 is 10.9 Å². The third-order valence-electron chi connectivity index (χ3n) is 6.17. The van der Waals surface area contributed by atoms with E-state index >= 15 is 0 Å². The quantitative estimate of drug-likeness (QED) is 0.815. The first-order valence-corrected chi connectivity index (χ1v) is 10.3. The number of aromatic amines is 1. The van der Waals surface area contributed by atoms with E-state index in [2.05, 4.69) is 15.3 Å². The van der Waals surface area contributed by atoms with Crippen molar-refractivity contribution in [2.24, 2.45) is 5.41 Å². The number of carbonyl (C=O) groups is 1. The van der Waals surface area contributed by atoms with Gasteiger partial charge in [-0.3, -0.25) is 9.59 Å². The molecule has 0 aliphatic carbocycles. The number of thiophene rings is 1. The molecule has 2 aliphatic rings. The molecule has 0 radical (unpaired) electrons. The Kier molecular flexibility index (Phi) is 5.93. The molecule has 4 heterocycles. The average Bonchev–Trinajstić information content (AvgIpc) is 3.18. The summed E-state index contributed by atoms with van der Waals surface area (Å²) in [5, 5.41) is 4.14. The summed E-state index contributed by atoms with van der Waals surface area (Å²) in [4.78, 5) is 36.2. The minimum atomic E-state index is -0.0899. The zero-order chi connectivity index (χ0) is 18.3. The fourth-order valence-electron chi connectivity index (χ4n) is 4.25. The zero-order valence-electron chi connectivity index (χ0n) is 15.9. The van der Waals surface area contributed by atoms with E-state index in [1.54, 1.807) is 11.3 Å². The highest BCUT2D eigenvalue weighted by Gasteiger charge is 2.37. The van der Waals surface area contributed by atoms with Crippen molar-refractivity contribution in [2.75, 3.05) is 26.2 Å². The number of likely N-dealkylation sites (tertiary alicyclic amines) is 1. The van der Waals surface area contributed by atoms with Crippen LogP contribution in [0.25, 0.3) is 10.2 Å². The van der Waals surface area contributed by atoms with E-state index in [9.17, 15) is 9.59 Å². The highest BCUT2D eigenvalue weighted by atomic mass is 35.5. The summed E-state index contributed by atoms with van der Waals surface area (Å²) in [6.07, 6.45) is 4.33. The fourth-order valence-corrected chi connectivity index (χ4v) is 5.30. The van der Waals surface area contributed by atoms with Crippen LogP contribution in [0.15, 0.2) is 4.79 Å². The highest BCUT2D eigenvalue weighted by Crippen LogP contribution is 2.37. The van der Waals surface area contributed by atoms with Crippen LogP contribution in [0.1, 0.15) is 41.9 Å². The predicted octanol–water partition coefficient (Wildman–Crippen LogP) is 2.56. The van der Waals surface area contributed by atoms with Crippen molar-refractivity contribution >= 4 is 39.9 Å². The van der Waals surface area contributed by atoms with Crippen molar-refractivity contribution in [1.82, 2.24) is 20.2 Å². The van der Waals surface area contributed by atoms with Crippen LogP contribution in [0.5, 0.6) is 0 Å². The minimum absolute atomic E-state index is 0. The second-order valence-electron chi connectivity index (χ2n) is 7.78. The molecule has 0 unspecified atom stereocenters. The molecule has 8 heteroatoms. The van der Waals surface area contributed by atoms with E-state index in [0.29, 0.717) is 29.5 Å². The van der Waals surface area contributed by atoms with E-state index in [4.69, 9.17) is 0 Å². The standard InChI is InChI=1S/C19H26N4O2S.ClH/c1-12-13(2)26-18-16(12)17(25)21-14(22-18)3-4-15(24)23-9-6-19(7-10-23)5-8-20-11-19;/h20H,3-11H2,1-2H3,(H,21,22,25);1H. The molecule has 2 fully saturated rings. The molecule has 1 spiro atoms. The SMILES string of the molecule is Cc1sc2nc(CCC(=O)N3CCC4(CCNC4)CC3)[nH]c(=O)c2c1C.Cl. The van der Waals surface area contributed by atoms with Gasteiger partial charge >= 0.3 is 0 Å². The van der Waals surface area contributed by atoms with Gasteiger partial charge in [-0.25, -0.2) is 4.98 Å². The number of fused-ring (bicyclic) bond motifs is 1. The van der Waals surface area contributed by atoms with Crippen LogP contribution in [0.4, 0.5) is 0 Å². The lowest BCUT2D eigenvalue weighted by molar-refractivity contribution is -0.133. The normalized spacial score (nSPS) is 18.8. The van der Waals surface area contributed by atoms with Crippen molar-refractivity contribution in [1.29, 1.82) is 0 Å². The Hall–Kier alpha value is -1.44. The van der Waals surface area contributed by atoms with Gasteiger partial charge in [-0.2, -0.15) is 0 Å². The lowest BCUT2D eigenvalue weighted by Gasteiger charge is -2.39. The summed E-state index contributed by atoms with van der Waals surface area (Å²) in [6, 6.07) is 0. The molecule has 2 N–H and O–H groups in total. The monoisotopic (exact) mass is 410 g/mol. The Balaban J connectivity index is 0.00000210. The third kappa shape index (κ3) is 3.91. The van der Waals surface area contributed by atoms with Crippen LogP contribution in [0, 0.1) is 19.3 Å². The lowest BCUT2D eigenvalue weighted by atomic mass is 9.78. The van der Waals surface area contributed by atoms with Gasteiger partial charge in [0.25, 0.3) is 5.56 Å². The van der Waals surface area contributed by atoms with Crippen LogP contribution in [-0.2, 0) is 11.2 Å². The maximum atomic E-state index is 12.6. The molecule has 0 saturated carbocycles. The minimum Gasteiger partial charge on any atom is -0.343 e. The Labute approximate surface area is 169 Å². The molecule has 27 heavy (non-hydrogen) atoms. The smallest absolute Gasteiger partial charge is 0.259 e. The Morgan fingerprint density at radius 2 is 2.00 bits per heavy atom. The summed E-state index contributed by atoms with van der Waals surface area (Å²) in [5.41, 5.74) is 1.33. The molecule has 2 aliphatic heterocycles. The number of aromatic nitrogens is 2. The second-order valence-corrected chi connectivity index (χ2v) is 8.99. The van der Waals surface area contributed by atoms with E-state index in [1.807, 2.05) is 18.7 Å². The van der Waals surface area contributed by atoms with Gasteiger partial charge < -0.3 is 15.2 Å². The van der Waals surface area contributed by atoms with Gasteiger partial charge in [0.2, 0.25) is 5.91 Å². The number of piperidine rings is 1. The summed E-state index contributed by atoms with van der Waals surface area (Å²) >= 11 is 1.55.